The average molecular weight is 462 g/mol. The number of methoxy groups -OCH3 is 1. The number of halogens is 2. The lowest BCUT2D eigenvalue weighted by Crippen LogP contribution is -2.00. The maximum atomic E-state index is 12.2. The Kier molecular flexibility index (Phi) is 6.54. The first kappa shape index (κ1) is 20.2. The van der Waals surface area contributed by atoms with Gasteiger partial charge in [-0.2, -0.15) is 5.10 Å². The minimum atomic E-state index is -0.108. The minimum Gasteiger partial charge on any atom is -0.496 e. The summed E-state index contributed by atoms with van der Waals surface area (Å²) >= 11 is 9.57. The van der Waals surface area contributed by atoms with Crippen molar-refractivity contribution in [2.45, 2.75) is 6.61 Å². The number of ether oxygens (including phenoxy) is 2. The highest BCUT2D eigenvalue weighted by atomic mass is 79.9. The average Bonchev–Trinajstić information content (AvgIpc) is 3.12. The maximum absolute atomic E-state index is 12.2. The molecule has 3 aromatic rings. The molecule has 0 amide bonds. The summed E-state index contributed by atoms with van der Waals surface area (Å²) in [6.07, 6.45) is 6.50. The molecule has 3 rings (SSSR count). The molecular weight excluding hydrogens is 444 g/mol. The van der Waals surface area contributed by atoms with Crippen LogP contribution in [0.5, 0.6) is 11.5 Å². The molecule has 1 aromatic heterocycles. The van der Waals surface area contributed by atoms with Crippen molar-refractivity contribution in [3.05, 3.63) is 81.1 Å². The molecule has 0 aliphatic carbocycles. The van der Waals surface area contributed by atoms with Gasteiger partial charge in [0.1, 0.15) is 18.1 Å². The Balaban J connectivity index is 1.75. The number of aromatic nitrogens is 2. The molecule has 5 nitrogen and oxygen atoms in total. The molecule has 0 spiro atoms. The van der Waals surface area contributed by atoms with Crippen molar-refractivity contribution in [2.75, 3.05) is 7.11 Å². The number of allylic oxidation sites excluding steroid dienone is 1. The SMILES string of the molecule is COc1ccc(/C=C/C(=O)c2cnn(C)c2)cc1COc1ccc(Br)cc1Cl. The van der Waals surface area contributed by atoms with Crippen molar-refractivity contribution < 1.29 is 14.3 Å². The molecule has 1 heterocycles. The van der Waals surface area contributed by atoms with E-state index < -0.39 is 0 Å². The Morgan fingerprint density at radius 3 is 2.71 bits per heavy atom. The van der Waals surface area contributed by atoms with Crippen LogP contribution in [0.2, 0.25) is 5.02 Å². The zero-order valence-corrected chi connectivity index (χ0v) is 17.7. The number of nitrogens with zero attached hydrogens (tertiary/aromatic N) is 2. The second kappa shape index (κ2) is 9.08. The quantitative estimate of drug-likeness (QED) is 0.353. The van der Waals surface area contributed by atoms with Crippen LogP contribution in [-0.2, 0) is 13.7 Å². The van der Waals surface area contributed by atoms with E-state index in [1.807, 2.05) is 24.3 Å². The first-order valence-electron chi connectivity index (χ1n) is 8.42. The second-order valence-corrected chi connectivity index (χ2v) is 7.36. The van der Waals surface area contributed by atoms with Crippen LogP contribution in [0.25, 0.3) is 6.08 Å². The maximum Gasteiger partial charge on any atom is 0.189 e. The van der Waals surface area contributed by atoms with E-state index in [1.54, 1.807) is 49.4 Å². The number of rotatable bonds is 7. The first-order valence-corrected chi connectivity index (χ1v) is 9.59. The number of ketones is 1. The molecular formula is C21H18BrClN2O3. The van der Waals surface area contributed by atoms with Crippen molar-refractivity contribution in [3.8, 4) is 11.5 Å². The Bertz CT molecular complexity index is 1030. The summed E-state index contributed by atoms with van der Waals surface area (Å²) in [5, 5.41) is 4.53. The lowest BCUT2D eigenvalue weighted by atomic mass is 10.1. The number of benzene rings is 2. The molecule has 0 unspecified atom stereocenters. The van der Waals surface area contributed by atoms with Gasteiger partial charge in [0.2, 0.25) is 0 Å². The molecule has 144 valence electrons. The van der Waals surface area contributed by atoms with Crippen molar-refractivity contribution in [1.82, 2.24) is 9.78 Å². The molecule has 0 N–H and O–H groups in total. The normalized spacial score (nSPS) is 11.0. The van der Waals surface area contributed by atoms with Gasteiger partial charge in [-0.3, -0.25) is 9.48 Å². The van der Waals surface area contributed by atoms with E-state index in [4.69, 9.17) is 21.1 Å². The van der Waals surface area contributed by atoms with E-state index in [2.05, 4.69) is 21.0 Å². The lowest BCUT2D eigenvalue weighted by Gasteiger charge is -2.12. The topological polar surface area (TPSA) is 53.3 Å². The van der Waals surface area contributed by atoms with Gasteiger partial charge < -0.3 is 9.47 Å². The summed E-state index contributed by atoms with van der Waals surface area (Å²) in [6.45, 7) is 0.281. The van der Waals surface area contributed by atoms with Crippen LogP contribution in [-0.4, -0.2) is 22.7 Å². The van der Waals surface area contributed by atoms with Gasteiger partial charge in [-0.1, -0.05) is 39.7 Å². The third-order valence-electron chi connectivity index (χ3n) is 4.00. The molecule has 0 radical (unpaired) electrons. The van der Waals surface area contributed by atoms with E-state index in [0.29, 0.717) is 22.1 Å². The summed E-state index contributed by atoms with van der Waals surface area (Å²) in [4.78, 5) is 12.2. The second-order valence-electron chi connectivity index (χ2n) is 6.03. The van der Waals surface area contributed by atoms with Crippen molar-refractivity contribution in [1.29, 1.82) is 0 Å². The van der Waals surface area contributed by atoms with E-state index >= 15 is 0 Å². The monoisotopic (exact) mass is 460 g/mol. The first-order chi connectivity index (χ1) is 13.5. The Labute approximate surface area is 176 Å². The van der Waals surface area contributed by atoms with Crippen molar-refractivity contribution >= 4 is 39.4 Å². The van der Waals surface area contributed by atoms with Gasteiger partial charge in [0.15, 0.2) is 5.78 Å². The van der Waals surface area contributed by atoms with Crippen LogP contribution < -0.4 is 9.47 Å². The van der Waals surface area contributed by atoms with E-state index in [0.717, 1.165) is 15.6 Å². The van der Waals surface area contributed by atoms with Gasteiger partial charge >= 0.3 is 0 Å². The molecule has 0 aliphatic rings. The van der Waals surface area contributed by atoms with E-state index in [1.165, 1.54) is 6.08 Å². The Morgan fingerprint density at radius 1 is 1.25 bits per heavy atom. The number of carbonyl (C=O) groups excluding carboxylic acids is 1. The van der Waals surface area contributed by atoms with Gasteiger partial charge in [0, 0.05) is 23.3 Å². The van der Waals surface area contributed by atoms with Crippen LogP contribution >= 0.6 is 27.5 Å². The molecule has 28 heavy (non-hydrogen) atoms. The third kappa shape index (κ3) is 5.03. The molecule has 2 aromatic carbocycles. The smallest absolute Gasteiger partial charge is 0.189 e. The van der Waals surface area contributed by atoms with Gasteiger partial charge in [0.25, 0.3) is 0 Å². The number of hydrogen-bond donors (Lipinski definition) is 0. The van der Waals surface area contributed by atoms with Crippen molar-refractivity contribution in [3.63, 3.8) is 0 Å². The molecule has 0 aliphatic heterocycles. The molecule has 0 atom stereocenters. The van der Waals surface area contributed by atoms with E-state index in [9.17, 15) is 4.79 Å². The van der Waals surface area contributed by atoms with Gasteiger partial charge in [-0.25, -0.2) is 0 Å². The lowest BCUT2D eigenvalue weighted by molar-refractivity contribution is 0.104. The summed E-state index contributed by atoms with van der Waals surface area (Å²) in [5.41, 5.74) is 2.25. The predicted octanol–water partition coefficient (Wildman–Crippen LogP) is 5.32. The minimum absolute atomic E-state index is 0.108. The fourth-order valence-electron chi connectivity index (χ4n) is 2.58. The van der Waals surface area contributed by atoms with Crippen LogP contribution in [0.1, 0.15) is 21.5 Å². The highest BCUT2D eigenvalue weighted by Crippen LogP contribution is 2.30. The third-order valence-corrected chi connectivity index (χ3v) is 4.79. The fourth-order valence-corrected chi connectivity index (χ4v) is 3.31. The fraction of sp³-hybridized carbons (Fsp3) is 0.143. The largest absolute Gasteiger partial charge is 0.496 e. The molecule has 0 saturated carbocycles. The number of carbonyl (C=O) groups is 1. The van der Waals surface area contributed by atoms with Gasteiger partial charge in [0.05, 0.1) is 23.9 Å². The summed E-state index contributed by atoms with van der Waals surface area (Å²) in [5.74, 6) is 1.17. The molecule has 0 saturated heterocycles. The van der Waals surface area contributed by atoms with Crippen LogP contribution in [0.15, 0.2) is 59.3 Å². The zero-order valence-electron chi connectivity index (χ0n) is 15.4. The van der Waals surface area contributed by atoms with Crippen molar-refractivity contribution in [2.24, 2.45) is 7.05 Å². The van der Waals surface area contributed by atoms with Gasteiger partial charge in [-0.15, -0.1) is 0 Å². The highest BCUT2D eigenvalue weighted by Gasteiger charge is 2.08. The standard InChI is InChI=1S/C21H18BrClN2O3/c1-25-12-16(11-24-25)19(26)6-3-14-4-7-20(27-2)15(9-14)13-28-21-8-5-17(22)10-18(21)23/h3-12H,13H2,1-2H3/b6-3+. The molecule has 0 fully saturated rings. The molecule has 0 bridgehead atoms. The zero-order chi connectivity index (χ0) is 20.1. The van der Waals surface area contributed by atoms with Crippen LogP contribution in [0, 0.1) is 0 Å². The Hall–Kier alpha value is -2.57. The Morgan fingerprint density at radius 2 is 2.04 bits per heavy atom. The highest BCUT2D eigenvalue weighted by molar-refractivity contribution is 9.10. The van der Waals surface area contributed by atoms with E-state index in [-0.39, 0.29) is 12.4 Å². The van der Waals surface area contributed by atoms with Crippen LogP contribution in [0.4, 0.5) is 0 Å². The van der Waals surface area contributed by atoms with Gasteiger partial charge in [-0.05, 0) is 42.0 Å². The number of hydrogen-bond acceptors (Lipinski definition) is 4. The molecule has 7 heteroatoms. The summed E-state index contributed by atoms with van der Waals surface area (Å²) in [7, 11) is 3.38. The number of aryl methyl sites for hydroxylation is 1. The summed E-state index contributed by atoms with van der Waals surface area (Å²) < 4.78 is 13.7. The summed E-state index contributed by atoms with van der Waals surface area (Å²) in [6, 6.07) is 11.1. The predicted molar refractivity (Wildman–Crippen MR) is 113 cm³/mol. The van der Waals surface area contributed by atoms with Crippen LogP contribution in [0.3, 0.4) is 0 Å².